The second-order valence-electron chi connectivity index (χ2n) is 4.24. The highest BCUT2D eigenvalue weighted by Gasteiger charge is 2.45. The molecular formula is C12H11N3. The highest BCUT2D eigenvalue weighted by molar-refractivity contribution is 5.49. The summed E-state index contributed by atoms with van der Waals surface area (Å²) in [6.07, 6.45) is 5.83. The zero-order valence-electron chi connectivity index (χ0n) is 8.57. The van der Waals surface area contributed by atoms with Crippen molar-refractivity contribution in [1.29, 1.82) is 5.26 Å². The molecule has 3 heteroatoms. The Morgan fingerprint density at radius 2 is 2.33 bits per heavy atom. The molecule has 15 heavy (non-hydrogen) atoms. The van der Waals surface area contributed by atoms with Crippen LogP contribution in [0.5, 0.6) is 0 Å². The van der Waals surface area contributed by atoms with Gasteiger partial charge in [-0.15, -0.1) is 0 Å². The van der Waals surface area contributed by atoms with Gasteiger partial charge in [-0.1, -0.05) is 0 Å². The fourth-order valence-corrected chi connectivity index (χ4v) is 2.00. The van der Waals surface area contributed by atoms with E-state index in [1.54, 1.807) is 0 Å². The Bertz CT molecular complexity index is 570. The van der Waals surface area contributed by atoms with Crippen molar-refractivity contribution in [2.75, 3.05) is 0 Å². The van der Waals surface area contributed by atoms with Gasteiger partial charge in [0, 0.05) is 18.1 Å². The van der Waals surface area contributed by atoms with Crippen LogP contribution in [0.3, 0.4) is 0 Å². The van der Waals surface area contributed by atoms with E-state index in [0.717, 1.165) is 29.7 Å². The average molecular weight is 197 g/mol. The van der Waals surface area contributed by atoms with Gasteiger partial charge in [0.1, 0.15) is 5.65 Å². The van der Waals surface area contributed by atoms with Crippen LogP contribution in [0.1, 0.15) is 24.1 Å². The molecule has 1 aliphatic rings. The number of nitriles is 1. The minimum Gasteiger partial charge on any atom is -0.304 e. The van der Waals surface area contributed by atoms with Gasteiger partial charge in [0.2, 0.25) is 0 Å². The second-order valence-corrected chi connectivity index (χ2v) is 4.24. The average Bonchev–Trinajstić information content (AvgIpc) is 2.99. The van der Waals surface area contributed by atoms with Crippen LogP contribution in [0.4, 0.5) is 0 Å². The Balaban J connectivity index is 2.20. The van der Waals surface area contributed by atoms with Gasteiger partial charge in [-0.3, -0.25) is 0 Å². The van der Waals surface area contributed by atoms with Gasteiger partial charge in [0.25, 0.3) is 0 Å². The summed E-state index contributed by atoms with van der Waals surface area (Å²) < 4.78 is 2.04. The molecule has 2 aromatic rings. The molecule has 2 heterocycles. The standard InChI is InChI=1S/C12H11N3/c1-9-7-14-11-6-10(2-5-15(9)11)12(8-13)3-4-12/h2,5-7H,3-4H2,1H3. The Kier molecular flexibility index (Phi) is 1.47. The number of rotatable bonds is 1. The van der Waals surface area contributed by atoms with Gasteiger partial charge in [0.15, 0.2) is 0 Å². The Labute approximate surface area is 88.0 Å². The summed E-state index contributed by atoms with van der Waals surface area (Å²) >= 11 is 0. The molecule has 0 unspecified atom stereocenters. The molecule has 0 aliphatic heterocycles. The van der Waals surface area contributed by atoms with Gasteiger partial charge in [0.05, 0.1) is 11.5 Å². The third kappa shape index (κ3) is 1.08. The molecule has 1 aliphatic carbocycles. The van der Waals surface area contributed by atoms with E-state index in [1.165, 1.54) is 0 Å². The molecule has 3 rings (SSSR count). The molecule has 0 amide bonds. The van der Waals surface area contributed by atoms with Crippen LogP contribution in [-0.4, -0.2) is 9.38 Å². The first kappa shape index (κ1) is 8.49. The van der Waals surface area contributed by atoms with E-state index < -0.39 is 0 Å². The zero-order chi connectivity index (χ0) is 10.5. The first-order chi connectivity index (χ1) is 7.25. The summed E-state index contributed by atoms with van der Waals surface area (Å²) in [6, 6.07) is 6.47. The van der Waals surface area contributed by atoms with E-state index in [-0.39, 0.29) is 5.41 Å². The number of hydrogen-bond acceptors (Lipinski definition) is 2. The van der Waals surface area contributed by atoms with Gasteiger partial charge < -0.3 is 4.40 Å². The van der Waals surface area contributed by atoms with Crippen molar-refractivity contribution in [2.24, 2.45) is 0 Å². The maximum Gasteiger partial charge on any atom is 0.137 e. The zero-order valence-corrected chi connectivity index (χ0v) is 8.57. The SMILES string of the molecule is Cc1cnc2cc(C3(C#N)CC3)ccn12. The van der Waals surface area contributed by atoms with E-state index in [4.69, 9.17) is 5.26 Å². The highest BCUT2D eigenvalue weighted by Crippen LogP contribution is 2.47. The van der Waals surface area contributed by atoms with Crippen molar-refractivity contribution in [3.63, 3.8) is 0 Å². The van der Waals surface area contributed by atoms with Crippen molar-refractivity contribution >= 4 is 5.65 Å². The summed E-state index contributed by atoms with van der Waals surface area (Å²) in [5.41, 5.74) is 2.97. The third-order valence-corrected chi connectivity index (χ3v) is 3.21. The molecule has 0 aromatic carbocycles. The van der Waals surface area contributed by atoms with Crippen molar-refractivity contribution in [3.8, 4) is 6.07 Å². The van der Waals surface area contributed by atoms with Crippen LogP contribution in [0.15, 0.2) is 24.5 Å². The largest absolute Gasteiger partial charge is 0.304 e. The van der Waals surface area contributed by atoms with Crippen LogP contribution < -0.4 is 0 Å². The van der Waals surface area contributed by atoms with Gasteiger partial charge >= 0.3 is 0 Å². The van der Waals surface area contributed by atoms with Gasteiger partial charge in [-0.25, -0.2) is 4.98 Å². The number of fused-ring (bicyclic) bond motifs is 1. The van der Waals surface area contributed by atoms with Crippen LogP contribution in [-0.2, 0) is 5.41 Å². The number of aryl methyl sites for hydroxylation is 1. The quantitative estimate of drug-likeness (QED) is 0.703. The highest BCUT2D eigenvalue weighted by atomic mass is 15.0. The topological polar surface area (TPSA) is 41.1 Å². The molecule has 1 fully saturated rings. The van der Waals surface area contributed by atoms with Gasteiger partial charge in [-0.2, -0.15) is 5.26 Å². The monoisotopic (exact) mass is 197 g/mol. The number of hydrogen-bond donors (Lipinski definition) is 0. The smallest absolute Gasteiger partial charge is 0.137 e. The normalized spacial score (nSPS) is 17.6. The van der Waals surface area contributed by atoms with E-state index in [0.29, 0.717) is 0 Å². The summed E-state index contributed by atoms with van der Waals surface area (Å²) in [4.78, 5) is 4.31. The van der Waals surface area contributed by atoms with Crippen LogP contribution in [0, 0.1) is 18.3 Å². The number of nitrogens with zero attached hydrogens (tertiary/aromatic N) is 3. The van der Waals surface area contributed by atoms with Crippen LogP contribution >= 0.6 is 0 Å². The molecule has 0 radical (unpaired) electrons. The number of pyridine rings is 1. The number of imidazole rings is 1. The summed E-state index contributed by atoms with van der Waals surface area (Å²) in [5, 5.41) is 9.11. The maximum absolute atomic E-state index is 9.11. The van der Waals surface area contributed by atoms with Crippen molar-refractivity contribution in [1.82, 2.24) is 9.38 Å². The van der Waals surface area contributed by atoms with Crippen molar-refractivity contribution < 1.29 is 0 Å². The van der Waals surface area contributed by atoms with Gasteiger partial charge in [-0.05, 0) is 37.5 Å². The molecule has 0 atom stereocenters. The lowest BCUT2D eigenvalue weighted by Gasteiger charge is -2.06. The third-order valence-electron chi connectivity index (χ3n) is 3.21. The molecule has 0 N–H and O–H groups in total. The summed E-state index contributed by atoms with van der Waals surface area (Å²) in [7, 11) is 0. The van der Waals surface area contributed by atoms with E-state index in [1.807, 2.05) is 35.9 Å². The molecule has 3 nitrogen and oxygen atoms in total. The molecule has 0 saturated heterocycles. The predicted molar refractivity (Wildman–Crippen MR) is 56.5 cm³/mol. The Morgan fingerprint density at radius 1 is 1.53 bits per heavy atom. The lowest BCUT2D eigenvalue weighted by Crippen LogP contribution is -2.03. The van der Waals surface area contributed by atoms with Crippen LogP contribution in [0.2, 0.25) is 0 Å². The van der Waals surface area contributed by atoms with E-state index in [9.17, 15) is 0 Å². The van der Waals surface area contributed by atoms with Crippen molar-refractivity contribution in [3.05, 3.63) is 35.8 Å². The van der Waals surface area contributed by atoms with E-state index >= 15 is 0 Å². The fraction of sp³-hybridized carbons (Fsp3) is 0.333. The molecular weight excluding hydrogens is 186 g/mol. The molecule has 74 valence electrons. The lowest BCUT2D eigenvalue weighted by atomic mass is 9.99. The Morgan fingerprint density at radius 3 is 3.00 bits per heavy atom. The first-order valence-electron chi connectivity index (χ1n) is 5.11. The minimum atomic E-state index is -0.207. The van der Waals surface area contributed by atoms with E-state index in [2.05, 4.69) is 11.1 Å². The molecule has 2 aromatic heterocycles. The van der Waals surface area contributed by atoms with Crippen LogP contribution in [0.25, 0.3) is 5.65 Å². The minimum absolute atomic E-state index is 0.207. The maximum atomic E-state index is 9.11. The molecule has 0 bridgehead atoms. The first-order valence-corrected chi connectivity index (χ1v) is 5.11. The second kappa shape index (κ2) is 2.60. The summed E-state index contributed by atoms with van der Waals surface area (Å²) in [5.74, 6) is 0. The fourth-order valence-electron chi connectivity index (χ4n) is 2.00. The van der Waals surface area contributed by atoms with Crippen molar-refractivity contribution in [2.45, 2.75) is 25.2 Å². The number of aromatic nitrogens is 2. The Hall–Kier alpha value is -1.82. The lowest BCUT2D eigenvalue weighted by molar-refractivity contribution is 0.901. The molecule has 1 saturated carbocycles. The molecule has 0 spiro atoms. The summed E-state index contributed by atoms with van der Waals surface area (Å²) in [6.45, 7) is 2.02. The predicted octanol–water partition coefficient (Wildman–Crippen LogP) is 2.20.